The maximum Gasteiger partial charge on any atom is 0.220 e. The molecule has 21 heavy (non-hydrogen) atoms. The Morgan fingerprint density at radius 3 is 2.33 bits per heavy atom. The predicted molar refractivity (Wildman–Crippen MR) is 77.3 cm³/mol. The Balaban J connectivity index is 2.25. The Bertz CT molecular complexity index is 596. The van der Waals surface area contributed by atoms with E-state index in [4.69, 9.17) is 0 Å². The lowest BCUT2D eigenvalue weighted by molar-refractivity contribution is -0.121. The van der Waals surface area contributed by atoms with E-state index >= 15 is 0 Å². The van der Waals surface area contributed by atoms with E-state index in [0.29, 0.717) is 12.0 Å². The molecule has 0 radical (unpaired) electrons. The van der Waals surface area contributed by atoms with Gasteiger partial charge < -0.3 is 5.32 Å². The van der Waals surface area contributed by atoms with Gasteiger partial charge in [0, 0.05) is 31.2 Å². The maximum absolute atomic E-state index is 12.7. The molecule has 0 atom stereocenters. The molecule has 0 unspecified atom stereocenters. The van der Waals surface area contributed by atoms with Crippen molar-refractivity contribution in [1.82, 2.24) is 5.32 Å². The van der Waals surface area contributed by atoms with E-state index in [0.717, 1.165) is 6.26 Å². The molecule has 1 aromatic rings. The number of hydrogen-bond donors (Lipinski definition) is 1. The van der Waals surface area contributed by atoms with Gasteiger partial charge in [-0.1, -0.05) is 0 Å². The van der Waals surface area contributed by atoms with Crippen LogP contribution in [0.25, 0.3) is 0 Å². The van der Waals surface area contributed by atoms with Crippen LogP contribution in [0, 0.1) is 5.82 Å². The minimum Gasteiger partial charge on any atom is -0.355 e. The third-order valence-electron chi connectivity index (χ3n) is 2.77. The number of sulfone groups is 1. The van der Waals surface area contributed by atoms with E-state index in [9.17, 15) is 22.4 Å². The lowest BCUT2D eigenvalue weighted by Crippen LogP contribution is -2.28. The molecular weight excluding hydrogens is 297 g/mol. The summed E-state index contributed by atoms with van der Waals surface area (Å²) in [5, 5.41) is 2.48. The molecule has 1 amide bonds. The molecule has 0 aliphatic carbocycles. The molecule has 116 valence electrons. The lowest BCUT2D eigenvalue weighted by Gasteiger charge is -2.04. The van der Waals surface area contributed by atoms with Crippen molar-refractivity contribution in [2.75, 3.05) is 18.6 Å². The van der Waals surface area contributed by atoms with Gasteiger partial charge in [0.1, 0.15) is 15.7 Å². The smallest absolute Gasteiger partial charge is 0.220 e. The predicted octanol–water partition coefficient (Wildman–Crippen LogP) is 1.34. The molecule has 1 N–H and O–H groups in total. The Morgan fingerprint density at radius 2 is 1.76 bits per heavy atom. The Hall–Kier alpha value is -1.76. The summed E-state index contributed by atoms with van der Waals surface area (Å²) in [6.07, 6.45) is 1.79. The van der Waals surface area contributed by atoms with Crippen LogP contribution < -0.4 is 5.32 Å². The van der Waals surface area contributed by atoms with E-state index in [1.165, 1.54) is 24.3 Å². The van der Waals surface area contributed by atoms with E-state index in [1.807, 2.05) is 0 Å². The molecule has 0 fully saturated rings. The van der Waals surface area contributed by atoms with E-state index in [1.54, 1.807) is 0 Å². The van der Waals surface area contributed by atoms with Crippen LogP contribution in [0.1, 0.15) is 29.6 Å². The number of carbonyl (C=O) groups excluding carboxylic acids is 2. The first-order valence-corrected chi connectivity index (χ1v) is 8.57. The molecule has 0 aliphatic rings. The largest absolute Gasteiger partial charge is 0.355 e. The van der Waals surface area contributed by atoms with Crippen LogP contribution in [0.4, 0.5) is 4.39 Å². The molecule has 0 saturated carbocycles. The van der Waals surface area contributed by atoms with Crippen LogP contribution in [-0.4, -0.2) is 38.7 Å². The fraction of sp³-hybridized carbons (Fsp3) is 0.429. The normalized spacial score (nSPS) is 11.1. The molecule has 0 aliphatic heterocycles. The first kappa shape index (κ1) is 17.3. The van der Waals surface area contributed by atoms with Crippen LogP contribution in [0.3, 0.4) is 0 Å². The van der Waals surface area contributed by atoms with Crippen molar-refractivity contribution < 1.29 is 22.4 Å². The number of nitrogens with one attached hydrogen (secondary N) is 1. The van der Waals surface area contributed by atoms with Crippen LogP contribution in [0.5, 0.6) is 0 Å². The van der Waals surface area contributed by atoms with Crippen molar-refractivity contribution in [2.24, 2.45) is 0 Å². The first-order chi connectivity index (χ1) is 9.78. The molecule has 1 aromatic carbocycles. The third-order valence-corrected chi connectivity index (χ3v) is 3.71. The highest BCUT2D eigenvalue weighted by Crippen LogP contribution is 2.08. The van der Waals surface area contributed by atoms with E-state index in [2.05, 4.69) is 5.32 Å². The van der Waals surface area contributed by atoms with Crippen LogP contribution in [-0.2, 0) is 14.6 Å². The maximum atomic E-state index is 12.7. The zero-order valence-electron chi connectivity index (χ0n) is 11.8. The number of benzene rings is 1. The minimum absolute atomic E-state index is 0.0730. The first-order valence-electron chi connectivity index (χ1n) is 6.51. The molecule has 0 heterocycles. The van der Waals surface area contributed by atoms with Crippen LogP contribution in [0.15, 0.2) is 24.3 Å². The second-order valence-electron chi connectivity index (χ2n) is 4.76. The van der Waals surface area contributed by atoms with Gasteiger partial charge in [-0.2, -0.15) is 0 Å². The summed E-state index contributed by atoms with van der Waals surface area (Å²) in [6.45, 7) is 0.0730. The number of hydrogen-bond acceptors (Lipinski definition) is 4. The van der Waals surface area contributed by atoms with Gasteiger partial charge in [-0.25, -0.2) is 12.8 Å². The number of rotatable bonds is 8. The average Bonchev–Trinajstić information content (AvgIpc) is 2.37. The van der Waals surface area contributed by atoms with Crippen molar-refractivity contribution in [3.8, 4) is 0 Å². The second-order valence-corrected chi connectivity index (χ2v) is 7.02. The summed E-state index contributed by atoms with van der Waals surface area (Å²) >= 11 is 0. The monoisotopic (exact) mass is 315 g/mol. The van der Waals surface area contributed by atoms with Crippen molar-refractivity contribution in [3.05, 3.63) is 35.6 Å². The Morgan fingerprint density at radius 1 is 1.14 bits per heavy atom. The zero-order valence-corrected chi connectivity index (χ0v) is 12.6. The molecule has 0 bridgehead atoms. The van der Waals surface area contributed by atoms with Gasteiger partial charge in [0.25, 0.3) is 0 Å². The van der Waals surface area contributed by atoms with Crippen LogP contribution >= 0.6 is 0 Å². The lowest BCUT2D eigenvalue weighted by atomic mass is 10.1. The second kappa shape index (κ2) is 7.87. The molecular formula is C14H18FNO4S. The number of carbonyl (C=O) groups is 2. The topological polar surface area (TPSA) is 80.3 Å². The van der Waals surface area contributed by atoms with Gasteiger partial charge in [0.15, 0.2) is 5.78 Å². The summed E-state index contributed by atoms with van der Waals surface area (Å²) in [5.41, 5.74) is 0.411. The molecule has 5 nitrogen and oxygen atoms in total. The summed E-state index contributed by atoms with van der Waals surface area (Å²) in [6, 6.07) is 5.24. The molecule has 7 heteroatoms. The van der Waals surface area contributed by atoms with Gasteiger partial charge in [-0.05, 0) is 30.7 Å². The Kier molecular flexibility index (Phi) is 6.48. The zero-order chi connectivity index (χ0) is 15.9. The van der Waals surface area contributed by atoms with Crippen molar-refractivity contribution in [2.45, 2.75) is 19.3 Å². The number of amides is 1. The van der Waals surface area contributed by atoms with E-state index < -0.39 is 15.7 Å². The highest BCUT2D eigenvalue weighted by atomic mass is 32.2. The fourth-order valence-electron chi connectivity index (χ4n) is 1.65. The minimum atomic E-state index is -3.09. The standard InChI is InChI=1S/C14H18FNO4S/c1-21(19,20)10-9-16-14(18)4-2-3-13(17)11-5-7-12(15)8-6-11/h5-8H,2-4,9-10H2,1H3,(H,16,18). The number of Topliss-reactive ketones (excluding diaryl/α,β-unsaturated/α-hetero) is 1. The average molecular weight is 315 g/mol. The molecule has 0 saturated heterocycles. The van der Waals surface area contributed by atoms with Gasteiger partial charge in [-0.3, -0.25) is 9.59 Å². The fourth-order valence-corrected chi connectivity index (χ4v) is 2.13. The van der Waals surface area contributed by atoms with Crippen molar-refractivity contribution in [1.29, 1.82) is 0 Å². The quantitative estimate of drug-likeness (QED) is 0.734. The van der Waals surface area contributed by atoms with Gasteiger partial charge in [0.2, 0.25) is 5.91 Å². The van der Waals surface area contributed by atoms with Gasteiger partial charge >= 0.3 is 0 Å². The summed E-state index contributed by atoms with van der Waals surface area (Å²) in [5.74, 6) is -0.950. The highest BCUT2D eigenvalue weighted by molar-refractivity contribution is 7.90. The SMILES string of the molecule is CS(=O)(=O)CCNC(=O)CCCC(=O)c1ccc(F)cc1. The Labute approximate surface area is 123 Å². The summed E-state index contributed by atoms with van der Waals surface area (Å²) < 4.78 is 34.5. The van der Waals surface area contributed by atoms with Crippen molar-refractivity contribution >= 4 is 21.5 Å². The summed E-state index contributed by atoms with van der Waals surface area (Å²) in [4.78, 5) is 23.2. The van der Waals surface area contributed by atoms with E-state index in [-0.39, 0.29) is 36.8 Å². The molecule has 1 rings (SSSR count). The van der Waals surface area contributed by atoms with Crippen LogP contribution in [0.2, 0.25) is 0 Å². The number of ketones is 1. The van der Waals surface area contributed by atoms with Gasteiger partial charge in [0.05, 0.1) is 5.75 Å². The summed E-state index contributed by atoms with van der Waals surface area (Å²) in [7, 11) is -3.09. The van der Waals surface area contributed by atoms with Gasteiger partial charge in [-0.15, -0.1) is 0 Å². The highest BCUT2D eigenvalue weighted by Gasteiger charge is 2.08. The number of halogens is 1. The molecule has 0 spiro atoms. The van der Waals surface area contributed by atoms with Crippen molar-refractivity contribution in [3.63, 3.8) is 0 Å². The third kappa shape index (κ3) is 7.55. The molecule has 0 aromatic heterocycles.